The monoisotopic (exact) mass is 144 g/mol. The highest BCUT2D eigenvalue weighted by Crippen LogP contribution is 2.41. The van der Waals surface area contributed by atoms with Crippen molar-refractivity contribution >= 4 is 8.07 Å². The van der Waals surface area contributed by atoms with Gasteiger partial charge >= 0.3 is 0 Å². The van der Waals surface area contributed by atoms with Gasteiger partial charge in [-0.15, -0.1) is 0 Å². The highest BCUT2D eigenvalue weighted by molar-refractivity contribution is 6.78. The lowest BCUT2D eigenvalue weighted by Crippen LogP contribution is -2.32. The van der Waals surface area contributed by atoms with E-state index in [4.69, 9.17) is 4.74 Å². The summed E-state index contributed by atoms with van der Waals surface area (Å²) in [5, 5.41) is 0. The molecule has 0 aromatic rings. The third kappa shape index (κ3) is 1.35. The molecule has 0 radical (unpaired) electrons. The quantitative estimate of drug-likeness (QED) is 0.405. The molecule has 1 saturated heterocycles. The molecule has 1 atom stereocenters. The Morgan fingerprint density at radius 2 is 1.56 bits per heavy atom. The molecule has 1 nitrogen and oxygen atoms in total. The molecule has 0 aromatic carbocycles. The van der Waals surface area contributed by atoms with E-state index in [1.165, 1.54) is 0 Å². The van der Waals surface area contributed by atoms with Gasteiger partial charge in [0.25, 0.3) is 0 Å². The van der Waals surface area contributed by atoms with Gasteiger partial charge in [-0.3, -0.25) is 0 Å². The minimum atomic E-state index is -0.981. The van der Waals surface area contributed by atoms with E-state index in [0.29, 0.717) is 5.73 Å². The number of rotatable bonds is 1. The van der Waals surface area contributed by atoms with Crippen LogP contribution >= 0.6 is 0 Å². The Balaban J connectivity index is 2.52. The van der Waals surface area contributed by atoms with Crippen molar-refractivity contribution in [3.63, 3.8) is 0 Å². The maximum absolute atomic E-state index is 5.53. The highest BCUT2D eigenvalue weighted by atomic mass is 28.3. The Hall–Kier alpha value is 0.177. The molecule has 1 aliphatic heterocycles. The molecule has 9 heavy (non-hydrogen) atoms. The molecule has 1 heterocycles. The van der Waals surface area contributed by atoms with Gasteiger partial charge in [0.2, 0.25) is 0 Å². The lowest BCUT2D eigenvalue weighted by atomic mass is 10.3. The van der Waals surface area contributed by atoms with Gasteiger partial charge in [0.1, 0.15) is 0 Å². The number of hydrogen-bond donors (Lipinski definition) is 0. The fourth-order valence-electron chi connectivity index (χ4n) is 1.49. The van der Waals surface area contributed by atoms with Crippen LogP contribution in [0.4, 0.5) is 0 Å². The zero-order valence-corrected chi connectivity index (χ0v) is 7.99. The molecular formula is C7H16OSi. The molecule has 0 aliphatic carbocycles. The van der Waals surface area contributed by atoms with Gasteiger partial charge in [0.05, 0.1) is 19.4 Å². The summed E-state index contributed by atoms with van der Waals surface area (Å²) in [5.41, 5.74) is 0.815. The van der Waals surface area contributed by atoms with Gasteiger partial charge in [-0.2, -0.15) is 0 Å². The summed E-state index contributed by atoms with van der Waals surface area (Å²) >= 11 is 0. The van der Waals surface area contributed by atoms with Crippen molar-refractivity contribution in [2.45, 2.75) is 44.8 Å². The van der Waals surface area contributed by atoms with Crippen LogP contribution in [0.2, 0.25) is 19.6 Å². The summed E-state index contributed by atoms with van der Waals surface area (Å²) in [4.78, 5) is 0. The topological polar surface area (TPSA) is 12.5 Å². The van der Waals surface area contributed by atoms with Crippen LogP contribution in [0.15, 0.2) is 0 Å². The van der Waals surface area contributed by atoms with Gasteiger partial charge in [-0.05, 0) is 13.8 Å². The van der Waals surface area contributed by atoms with Crippen molar-refractivity contribution in [3.05, 3.63) is 0 Å². The molecule has 0 aromatic heterocycles. The lowest BCUT2D eigenvalue weighted by molar-refractivity contribution is 0.337. The molecule has 0 spiro atoms. The Labute approximate surface area is 58.4 Å². The van der Waals surface area contributed by atoms with Crippen LogP contribution in [0.5, 0.6) is 0 Å². The molecule has 54 valence electrons. The minimum absolute atomic E-state index is 0.213. The van der Waals surface area contributed by atoms with Crippen LogP contribution in [0.3, 0.4) is 0 Å². The minimum Gasteiger partial charge on any atom is -0.370 e. The second kappa shape index (κ2) is 1.61. The van der Waals surface area contributed by atoms with Crippen molar-refractivity contribution in [2.75, 3.05) is 0 Å². The maximum Gasteiger partial charge on any atom is 0.0858 e. The molecule has 2 heteroatoms. The summed E-state index contributed by atoms with van der Waals surface area (Å²) in [6.45, 7) is 11.4. The van der Waals surface area contributed by atoms with E-state index < -0.39 is 8.07 Å². The molecule has 0 bridgehead atoms. The standard InChI is InChI=1S/C7H16OSi/c1-7(2)6(8-7)9(3,4)5/h6H,1-5H3. The molecule has 1 unspecified atom stereocenters. The Kier molecular flexibility index (Phi) is 1.30. The normalized spacial score (nSPS) is 32.3. The van der Waals surface area contributed by atoms with E-state index >= 15 is 0 Å². The fraction of sp³-hybridized carbons (Fsp3) is 1.00. The molecule has 1 aliphatic rings. The average Bonchev–Trinajstić information content (AvgIpc) is 2.10. The average molecular weight is 144 g/mol. The molecule has 1 rings (SSSR count). The first-order valence-electron chi connectivity index (χ1n) is 3.52. The Morgan fingerprint density at radius 1 is 1.22 bits per heavy atom. The van der Waals surface area contributed by atoms with Crippen molar-refractivity contribution in [3.8, 4) is 0 Å². The van der Waals surface area contributed by atoms with Crippen LogP contribution < -0.4 is 0 Å². The van der Waals surface area contributed by atoms with E-state index in [2.05, 4.69) is 33.5 Å². The number of hydrogen-bond acceptors (Lipinski definition) is 1. The van der Waals surface area contributed by atoms with Crippen molar-refractivity contribution in [1.82, 2.24) is 0 Å². The fourth-order valence-corrected chi connectivity index (χ4v) is 4.23. The Morgan fingerprint density at radius 3 is 1.56 bits per heavy atom. The lowest BCUT2D eigenvalue weighted by Gasteiger charge is -2.12. The van der Waals surface area contributed by atoms with Gasteiger partial charge in [0, 0.05) is 0 Å². The SMILES string of the molecule is CC1(C)OC1[Si](C)(C)C. The second-order valence-electron chi connectivity index (χ2n) is 4.47. The van der Waals surface area contributed by atoms with E-state index in [1.54, 1.807) is 0 Å². The van der Waals surface area contributed by atoms with Crippen molar-refractivity contribution in [1.29, 1.82) is 0 Å². The molecule has 0 N–H and O–H groups in total. The summed E-state index contributed by atoms with van der Waals surface area (Å²) in [6.07, 6.45) is 0. The summed E-state index contributed by atoms with van der Waals surface area (Å²) in [6, 6.07) is 0. The van der Waals surface area contributed by atoms with Crippen LogP contribution in [0.1, 0.15) is 13.8 Å². The smallest absolute Gasteiger partial charge is 0.0858 e. The van der Waals surface area contributed by atoms with Gasteiger partial charge in [-0.1, -0.05) is 19.6 Å². The van der Waals surface area contributed by atoms with Gasteiger partial charge < -0.3 is 4.74 Å². The van der Waals surface area contributed by atoms with E-state index in [9.17, 15) is 0 Å². The molecule has 0 amide bonds. The molecule has 0 saturated carbocycles. The first kappa shape index (κ1) is 7.29. The van der Waals surface area contributed by atoms with E-state index in [1.807, 2.05) is 0 Å². The maximum atomic E-state index is 5.53. The summed E-state index contributed by atoms with van der Waals surface area (Å²) < 4.78 is 5.53. The van der Waals surface area contributed by atoms with E-state index in [-0.39, 0.29) is 5.60 Å². The van der Waals surface area contributed by atoms with Crippen LogP contribution in [0, 0.1) is 0 Å². The molecule has 1 fully saturated rings. The van der Waals surface area contributed by atoms with Gasteiger partial charge in [-0.25, -0.2) is 0 Å². The molecular weight excluding hydrogens is 128 g/mol. The third-order valence-electron chi connectivity index (χ3n) is 1.78. The Bertz CT molecular complexity index is 123. The van der Waals surface area contributed by atoms with Crippen LogP contribution in [0.25, 0.3) is 0 Å². The largest absolute Gasteiger partial charge is 0.370 e. The second-order valence-corrected chi connectivity index (χ2v) is 9.72. The summed E-state index contributed by atoms with van der Waals surface area (Å²) in [5.74, 6) is 0. The predicted molar refractivity (Wildman–Crippen MR) is 42.3 cm³/mol. The van der Waals surface area contributed by atoms with Crippen LogP contribution in [-0.2, 0) is 4.74 Å². The summed E-state index contributed by atoms with van der Waals surface area (Å²) in [7, 11) is -0.981. The highest BCUT2D eigenvalue weighted by Gasteiger charge is 2.54. The van der Waals surface area contributed by atoms with E-state index in [0.717, 1.165) is 0 Å². The third-order valence-corrected chi connectivity index (χ3v) is 4.17. The first-order chi connectivity index (χ1) is 3.84. The zero-order valence-electron chi connectivity index (χ0n) is 6.99. The predicted octanol–water partition coefficient (Wildman–Crippen LogP) is 2.04. The van der Waals surface area contributed by atoms with Crippen LogP contribution in [-0.4, -0.2) is 19.4 Å². The number of epoxide rings is 1. The number of ether oxygens (including phenoxy) is 1. The van der Waals surface area contributed by atoms with Crippen molar-refractivity contribution in [2.24, 2.45) is 0 Å². The van der Waals surface area contributed by atoms with Gasteiger partial charge in [0.15, 0.2) is 0 Å². The first-order valence-corrected chi connectivity index (χ1v) is 7.09. The zero-order chi connectivity index (χ0) is 7.28. The van der Waals surface area contributed by atoms with Crippen molar-refractivity contribution < 1.29 is 4.74 Å².